The van der Waals surface area contributed by atoms with E-state index < -0.39 is 0 Å². The number of nitrogens with one attached hydrogen (secondary N) is 1. The number of nitrogens with zero attached hydrogens (tertiary/aromatic N) is 3. The Kier molecular flexibility index (Phi) is 6.10. The molecule has 0 amide bonds. The van der Waals surface area contributed by atoms with Crippen LogP contribution in [0.25, 0.3) is 0 Å². The minimum atomic E-state index is -0.186. The molecular formula is C17H23FN4S. The molecule has 0 radical (unpaired) electrons. The molecule has 1 N–H and O–H groups in total. The number of aliphatic imine (C=N–C) groups is 1. The van der Waals surface area contributed by atoms with E-state index in [1.165, 1.54) is 0 Å². The Morgan fingerprint density at radius 2 is 2.17 bits per heavy atom. The number of aryl methyl sites for hydroxylation is 2. The molecule has 0 aliphatic heterocycles. The third kappa shape index (κ3) is 5.03. The van der Waals surface area contributed by atoms with E-state index in [0.717, 1.165) is 28.8 Å². The minimum Gasteiger partial charge on any atom is -0.357 e. The highest BCUT2D eigenvalue weighted by Crippen LogP contribution is 2.12. The van der Waals surface area contributed by atoms with E-state index in [0.29, 0.717) is 18.7 Å². The lowest BCUT2D eigenvalue weighted by atomic mass is 10.1. The van der Waals surface area contributed by atoms with Gasteiger partial charge in [-0.3, -0.25) is 0 Å². The standard InChI is InChI=1S/C17H23FN4S/c1-5-19-17(22(4)10-15-11-23-13(3)21-15)20-9-14-7-6-12(2)16(18)8-14/h6-8,11H,5,9-10H2,1-4H3,(H,19,20). The molecule has 0 unspecified atom stereocenters. The van der Waals surface area contributed by atoms with Gasteiger partial charge < -0.3 is 10.2 Å². The van der Waals surface area contributed by atoms with Gasteiger partial charge in [-0.1, -0.05) is 12.1 Å². The number of aromatic nitrogens is 1. The van der Waals surface area contributed by atoms with E-state index in [4.69, 9.17) is 0 Å². The largest absolute Gasteiger partial charge is 0.357 e. The predicted molar refractivity (Wildman–Crippen MR) is 94.3 cm³/mol. The van der Waals surface area contributed by atoms with E-state index in [1.54, 1.807) is 30.4 Å². The number of rotatable bonds is 5. The van der Waals surface area contributed by atoms with Gasteiger partial charge in [-0.05, 0) is 38.0 Å². The molecule has 124 valence electrons. The Bertz CT molecular complexity index is 681. The summed E-state index contributed by atoms with van der Waals surface area (Å²) in [7, 11) is 1.98. The molecular weight excluding hydrogens is 311 g/mol. The molecule has 4 nitrogen and oxygen atoms in total. The fourth-order valence-corrected chi connectivity index (χ4v) is 2.77. The third-order valence-corrected chi connectivity index (χ3v) is 4.23. The first kappa shape index (κ1) is 17.4. The molecule has 0 aliphatic rings. The highest BCUT2D eigenvalue weighted by atomic mass is 32.1. The highest BCUT2D eigenvalue weighted by Gasteiger charge is 2.09. The topological polar surface area (TPSA) is 40.5 Å². The van der Waals surface area contributed by atoms with Crippen LogP contribution in [0.1, 0.15) is 28.8 Å². The average Bonchev–Trinajstić information content (AvgIpc) is 2.92. The average molecular weight is 334 g/mol. The Balaban J connectivity index is 2.07. The Hall–Kier alpha value is -1.95. The summed E-state index contributed by atoms with van der Waals surface area (Å²) in [5.41, 5.74) is 2.55. The second-order valence-electron chi connectivity index (χ2n) is 5.47. The summed E-state index contributed by atoms with van der Waals surface area (Å²) in [4.78, 5) is 11.1. The second kappa shape index (κ2) is 8.06. The van der Waals surface area contributed by atoms with Gasteiger partial charge in [0.2, 0.25) is 0 Å². The van der Waals surface area contributed by atoms with Crippen LogP contribution in [-0.2, 0) is 13.1 Å². The lowest BCUT2D eigenvalue weighted by molar-refractivity contribution is 0.470. The maximum Gasteiger partial charge on any atom is 0.194 e. The van der Waals surface area contributed by atoms with Gasteiger partial charge >= 0.3 is 0 Å². The molecule has 0 saturated carbocycles. The summed E-state index contributed by atoms with van der Waals surface area (Å²) in [6.07, 6.45) is 0. The van der Waals surface area contributed by atoms with Gasteiger partial charge in [-0.25, -0.2) is 14.4 Å². The summed E-state index contributed by atoms with van der Waals surface area (Å²) < 4.78 is 13.6. The van der Waals surface area contributed by atoms with Gasteiger partial charge in [0.1, 0.15) is 5.82 Å². The maximum atomic E-state index is 13.6. The van der Waals surface area contributed by atoms with Crippen LogP contribution in [0.3, 0.4) is 0 Å². The van der Waals surface area contributed by atoms with Gasteiger partial charge in [-0.2, -0.15) is 0 Å². The molecule has 23 heavy (non-hydrogen) atoms. The Morgan fingerprint density at radius 3 is 2.78 bits per heavy atom. The lowest BCUT2D eigenvalue weighted by Crippen LogP contribution is -2.38. The number of halogens is 1. The zero-order chi connectivity index (χ0) is 16.8. The molecule has 0 spiro atoms. The smallest absolute Gasteiger partial charge is 0.194 e. The van der Waals surface area contributed by atoms with Crippen molar-refractivity contribution in [3.8, 4) is 0 Å². The molecule has 0 atom stereocenters. The normalized spacial score (nSPS) is 11.6. The molecule has 6 heteroatoms. The first-order chi connectivity index (χ1) is 11.0. The summed E-state index contributed by atoms with van der Waals surface area (Å²) in [5, 5.41) is 6.38. The summed E-state index contributed by atoms with van der Waals surface area (Å²) in [5.74, 6) is 0.605. The van der Waals surface area contributed by atoms with Gasteiger partial charge in [0.05, 0.1) is 23.8 Å². The zero-order valence-corrected chi connectivity index (χ0v) is 14.9. The third-order valence-electron chi connectivity index (χ3n) is 3.41. The van der Waals surface area contributed by atoms with Gasteiger partial charge in [-0.15, -0.1) is 11.3 Å². The van der Waals surface area contributed by atoms with Crippen LogP contribution in [0.5, 0.6) is 0 Å². The van der Waals surface area contributed by atoms with Crippen molar-refractivity contribution in [2.75, 3.05) is 13.6 Å². The second-order valence-corrected chi connectivity index (χ2v) is 6.53. The monoisotopic (exact) mass is 334 g/mol. The van der Waals surface area contributed by atoms with Crippen molar-refractivity contribution in [3.05, 3.63) is 51.2 Å². The van der Waals surface area contributed by atoms with Crippen LogP contribution in [-0.4, -0.2) is 29.4 Å². The van der Waals surface area contributed by atoms with E-state index in [9.17, 15) is 4.39 Å². The van der Waals surface area contributed by atoms with Crippen molar-refractivity contribution in [2.45, 2.75) is 33.9 Å². The minimum absolute atomic E-state index is 0.186. The highest BCUT2D eigenvalue weighted by molar-refractivity contribution is 7.09. The summed E-state index contributed by atoms with van der Waals surface area (Å²) in [6, 6.07) is 5.25. The molecule has 1 heterocycles. The quantitative estimate of drug-likeness (QED) is 0.672. The molecule has 1 aromatic carbocycles. The zero-order valence-electron chi connectivity index (χ0n) is 14.1. The van der Waals surface area contributed by atoms with Crippen LogP contribution in [0.2, 0.25) is 0 Å². The molecule has 2 rings (SSSR count). The number of hydrogen-bond donors (Lipinski definition) is 1. The van der Waals surface area contributed by atoms with Gasteiger partial charge in [0.15, 0.2) is 5.96 Å². The Labute approximate surface area is 141 Å². The summed E-state index contributed by atoms with van der Waals surface area (Å²) >= 11 is 1.64. The molecule has 0 bridgehead atoms. The van der Waals surface area contributed by atoms with Crippen LogP contribution >= 0.6 is 11.3 Å². The van der Waals surface area contributed by atoms with Crippen LogP contribution in [0.4, 0.5) is 4.39 Å². The molecule has 0 fully saturated rings. The van der Waals surface area contributed by atoms with Crippen LogP contribution in [0.15, 0.2) is 28.6 Å². The lowest BCUT2D eigenvalue weighted by Gasteiger charge is -2.21. The number of hydrogen-bond acceptors (Lipinski definition) is 3. The number of thiazole rings is 1. The van der Waals surface area contributed by atoms with E-state index in [2.05, 4.69) is 20.7 Å². The SMILES string of the molecule is CCNC(=NCc1ccc(C)c(F)c1)N(C)Cc1csc(C)n1. The summed E-state index contributed by atoms with van der Waals surface area (Å²) in [6.45, 7) is 7.71. The number of guanidine groups is 1. The van der Waals surface area contributed by atoms with Crippen molar-refractivity contribution in [1.29, 1.82) is 0 Å². The molecule has 0 aliphatic carbocycles. The maximum absolute atomic E-state index is 13.6. The molecule has 0 saturated heterocycles. The predicted octanol–water partition coefficient (Wildman–Crippen LogP) is 3.50. The van der Waals surface area contributed by atoms with E-state index in [-0.39, 0.29) is 5.82 Å². The van der Waals surface area contributed by atoms with Crippen molar-refractivity contribution >= 4 is 17.3 Å². The van der Waals surface area contributed by atoms with E-state index in [1.807, 2.05) is 31.9 Å². The van der Waals surface area contributed by atoms with Crippen molar-refractivity contribution in [3.63, 3.8) is 0 Å². The van der Waals surface area contributed by atoms with Crippen molar-refractivity contribution < 1.29 is 4.39 Å². The van der Waals surface area contributed by atoms with Gasteiger partial charge in [0, 0.05) is 19.0 Å². The molecule has 1 aromatic heterocycles. The van der Waals surface area contributed by atoms with Gasteiger partial charge in [0.25, 0.3) is 0 Å². The first-order valence-electron chi connectivity index (χ1n) is 7.65. The van der Waals surface area contributed by atoms with E-state index >= 15 is 0 Å². The number of benzene rings is 1. The molecule has 2 aromatic rings. The van der Waals surface area contributed by atoms with Crippen molar-refractivity contribution in [1.82, 2.24) is 15.2 Å². The first-order valence-corrected chi connectivity index (χ1v) is 8.53. The van der Waals surface area contributed by atoms with Crippen molar-refractivity contribution in [2.24, 2.45) is 4.99 Å². The van der Waals surface area contributed by atoms with Crippen LogP contribution < -0.4 is 5.32 Å². The fourth-order valence-electron chi connectivity index (χ4n) is 2.17. The van der Waals surface area contributed by atoms with Crippen LogP contribution in [0, 0.1) is 19.7 Å². The Morgan fingerprint density at radius 1 is 1.39 bits per heavy atom. The fraction of sp³-hybridized carbons (Fsp3) is 0.412.